The van der Waals surface area contributed by atoms with E-state index in [2.05, 4.69) is 0 Å². The van der Waals surface area contributed by atoms with Crippen molar-refractivity contribution in [2.45, 2.75) is 4.90 Å². The van der Waals surface area contributed by atoms with Gasteiger partial charge in [-0.1, -0.05) is 0 Å². The molecule has 0 amide bonds. The molecule has 2 rings (SSSR count). The highest BCUT2D eigenvalue weighted by molar-refractivity contribution is 7.89. The van der Waals surface area contributed by atoms with E-state index < -0.39 is 48.9 Å². The Balaban J connectivity index is 2.49. The number of carboxylic acid groups (broad SMARTS) is 1. The largest absolute Gasteiger partial charge is 0.478 e. The van der Waals surface area contributed by atoms with E-state index in [-0.39, 0.29) is 24.6 Å². The zero-order valence-corrected chi connectivity index (χ0v) is 12.2. The predicted octanol–water partition coefficient (Wildman–Crippen LogP) is 0.416. The highest BCUT2D eigenvalue weighted by Gasteiger charge is 2.32. The highest BCUT2D eigenvalue weighted by Crippen LogP contribution is 2.24. The zero-order chi connectivity index (χ0) is 15.8. The van der Waals surface area contributed by atoms with Crippen molar-refractivity contribution in [1.82, 2.24) is 4.31 Å². The summed E-state index contributed by atoms with van der Waals surface area (Å²) in [6, 6.07) is 1.00. The maximum Gasteiger partial charge on any atom is 0.335 e. The lowest BCUT2D eigenvalue weighted by atomic mass is 10.2. The summed E-state index contributed by atoms with van der Waals surface area (Å²) in [5, 5.41) is 8.80. The SMILES string of the molecule is O=C(O)c1cc(F)c(F)c(S(=O)(=O)N2CCS(=O)CC2)c1. The summed E-state index contributed by atoms with van der Waals surface area (Å²) in [4.78, 5) is 9.80. The molecule has 0 aliphatic carbocycles. The number of sulfonamides is 1. The molecule has 10 heteroatoms. The summed E-state index contributed by atoms with van der Waals surface area (Å²) < 4.78 is 63.8. The van der Waals surface area contributed by atoms with Gasteiger partial charge in [-0.2, -0.15) is 4.31 Å². The smallest absolute Gasteiger partial charge is 0.335 e. The van der Waals surface area contributed by atoms with Crippen LogP contribution in [0.2, 0.25) is 0 Å². The molecule has 1 N–H and O–H groups in total. The lowest BCUT2D eigenvalue weighted by Gasteiger charge is -2.25. The standard InChI is InChI=1S/C11H11F2NO5S2/c12-8-5-7(11(15)16)6-9(10(8)13)21(18,19)14-1-3-20(17)4-2-14/h5-6H,1-4H2,(H,15,16). The second-order valence-corrected chi connectivity index (χ2v) is 7.93. The molecule has 1 aliphatic heterocycles. The molecule has 116 valence electrons. The molecule has 21 heavy (non-hydrogen) atoms. The lowest BCUT2D eigenvalue weighted by Crippen LogP contribution is -2.42. The first-order valence-electron chi connectivity index (χ1n) is 5.81. The number of rotatable bonds is 3. The number of aromatic carboxylic acids is 1. The molecular formula is C11H11F2NO5S2. The molecule has 1 fully saturated rings. The molecule has 0 atom stereocenters. The van der Waals surface area contributed by atoms with Crippen LogP contribution in [0.5, 0.6) is 0 Å². The summed E-state index contributed by atoms with van der Waals surface area (Å²) in [6.45, 7) is -0.180. The van der Waals surface area contributed by atoms with Gasteiger partial charge in [-0.15, -0.1) is 0 Å². The molecule has 0 aromatic heterocycles. The Morgan fingerprint density at radius 3 is 2.33 bits per heavy atom. The van der Waals surface area contributed by atoms with Crippen molar-refractivity contribution in [3.05, 3.63) is 29.3 Å². The molecule has 1 heterocycles. The van der Waals surface area contributed by atoms with Gasteiger partial charge in [0, 0.05) is 35.4 Å². The second kappa shape index (κ2) is 5.78. The van der Waals surface area contributed by atoms with E-state index in [4.69, 9.17) is 5.11 Å². The monoisotopic (exact) mass is 339 g/mol. The molecule has 0 saturated carbocycles. The van der Waals surface area contributed by atoms with E-state index in [1.807, 2.05) is 0 Å². The van der Waals surface area contributed by atoms with Gasteiger partial charge in [-0.25, -0.2) is 22.0 Å². The molecule has 0 bridgehead atoms. The minimum Gasteiger partial charge on any atom is -0.478 e. The normalized spacial score (nSPS) is 17.8. The third-order valence-corrected chi connectivity index (χ3v) is 6.17. The third kappa shape index (κ3) is 3.11. The molecular weight excluding hydrogens is 328 g/mol. The lowest BCUT2D eigenvalue weighted by molar-refractivity contribution is 0.0696. The van der Waals surface area contributed by atoms with Crippen molar-refractivity contribution >= 4 is 26.8 Å². The summed E-state index contributed by atoms with van der Waals surface area (Å²) in [5.41, 5.74) is -0.659. The van der Waals surface area contributed by atoms with E-state index >= 15 is 0 Å². The number of benzene rings is 1. The predicted molar refractivity (Wildman–Crippen MR) is 70.0 cm³/mol. The molecule has 1 aromatic carbocycles. The Kier molecular flexibility index (Phi) is 4.40. The van der Waals surface area contributed by atoms with Crippen LogP contribution < -0.4 is 0 Å². The average Bonchev–Trinajstić information content (AvgIpc) is 2.41. The van der Waals surface area contributed by atoms with Gasteiger partial charge in [0.15, 0.2) is 11.6 Å². The Morgan fingerprint density at radius 1 is 1.24 bits per heavy atom. The van der Waals surface area contributed by atoms with Crippen LogP contribution in [-0.4, -0.2) is 52.6 Å². The van der Waals surface area contributed by atoms with Crippen LogP contribution in [0.25, 0.3) is 0 Å². The van der Waals surface area contributed by atoms with E-state index in [0.29, 0.717) is 12.1 Å². The van der Waals surface area contributed by atoms with E-state index in [9.17, 15) is 26.2 Å². The van der Waals surface area contributed by atoms with Crippen LogP contribution in [0.1, 0.15) is 10.4 Å². The minimum absolute atomic E-state index is 0.0900. The number of hydrogen-bond donors (Lipinski definition) is 1. The van der Waals surface area contributed by atoms with Gasteiger partial charge in [0.1, 0.15) is 4.90 Å². The van der Waals surface area contributed by atoms with E-state index in [1.165, 1.54) is 0 Å². The second-order valence-electron chi connectivity index (χ2n) is 4.33. The van der Waals surface area contributed by atoms with Crippen molar-refractivity contribution in [3.63, 3.8) is 0 Å². The third-order valence-electron chi connectivity index (χ3n) is 3.00. The first-order valence-corrected chi connectivity index (χ1v) is 8.73. The van der Waals surface area contributed by atoms with Crippen LogP contribution in [0.15, 0.2) is 17.0 Å². The molecule has 1 saturated heterocycles. The fourth-order valence-corrected chi connectivity index (χ4v) is 4.70. The van der Waals surface area contributed by atoms with Crippen molar-refractivity contribution in [2.75, 3.05) is 24.6 Å². The number of halogens is 2. The van der Waals surface area contributed by atoms with Gasteiger partial charge < -0.3 is 5.11 Å². The van der Waals surface area contributed by atoms with Gasteiger partial charge >= 0.3 is 5.97 Å². The minimum atomic E-state index is -4.37. The molecule has 1 aromatic rings. The van der Waals surface area contributed by atoms with E-state index in [0.717, 1.165) is 4.31 Å². The quantitative estimate of drug-likeness (QED) is 0.861. The first kappa shape index (κ1) is 16.0. The molecule has 0 radical (unpaired) electrons. The summed E-state index contributed by atoms with van der Waals surface area (Å²) >= 11 is 0. The topological polar surface area (TPSA) is 91.8 Å². The Bertz CT molecular complexity index is 710. The van der Waals surface area contributed by atoms with Crippen LogP contribution in [0.3, 0.4) is 0 Å². The summed E-state index contributed by atoms with van der Waals surface area (Å²) in [6.07, 6.45) is 0. The van der Waals surface area contributed by atoms with Crippen molar-refractivity contribution in [1.29, 1.82) is 0 Å². The first-order chi connectivity index (χ1) is 9.73. The maximum absolute atomic E-state index is 13.7. The molecule has 0 unspecified atom stereocenters. The average molecular weight is 339 g/mol. The Hall–Kier alpha value is -1.39. The summed E-state index contributed by atoms with van der Waals surface area (Å²) in [5.74, 6) is -4.53. The highest BCUT2D eigenvalue weighted by atomic mass is 32.2. The van der Waals surface area contributed by atoms with Gasteiger partial charge in [0.2, 0.25) is 10.0 Å². The van der Waals surface area contributed by atoms with Crippen LogP contribution in [0, 0.1) is 11.6 Å². The Morgan fingerprint density at radius 2 is 1.81 bits per heavy atom. The molecule has 1 aliphatic rings. The van der Waals surface area contributed by atoms with Gasteiger partial charge in [-0.3, -0.25) is 4.21 Å². The maximum atomic E-state index is 13.7. The number of nitrogens with zero attached hydrogens (tertiary/aromatic N) is 1. The van der Waals surface area contributed by atoms with Crippen LogP contribution in [-0.2, 0) is 20.8 Å². The van der Waals surface area contributed by atoms with Gasteiger partial charge in [-0.05, 0) is 12.1 Å². The zero-order valence-electron chi connectivity index (χ0n) is 10.6. The Labute approximate surface area is 121 Å². The fraction of sp³-hybridized carbons (Fsp3) is 0.364. The molecule has 0 spiro atoms. The van der Waals surface area contributed by atoms with Gasteiger partial charge in [0.05, 0.1) is 5.56 Å². The number of carbonyl (C=O) groups is 1. The summed E-state index contributed by atoms with van der Waals surface area (Å²) in [7, 11) is -5.52. The van der Waals surface area contributed by atoms with Crippen LogP contribution in [0.4, 0.5) is 8.78 Å². The van der Waals surface area contributed by atoms with E-state index in [1.54, 1.807) is 0 Å². The number of hydrogen-bond acceptors (Lipinski definition) is 4. The van der Waals surface area contributed by atoms with Gasteiger partial charge in [0.25, 0.3) is 0 Å². The molecule has 6 nitrogen and oxygen atoms in total. The van der Waals surface area contributed by atoms with Crippen molar-refractivity contribution in [2.24, 2.45) is 0 Å². The number of carboxylic acids is 1. The fourth-order valence-electron chi connectivity index (χ4n) is 1.88. The van der Waals surface area contributed by atoms with Crippen molar-refractivity contribution < 1.29 is 31.3 Å². The van der Waals surface area contributed by atoms with Crippen molar-refractivity contribution in [3.8, 4) is 0 Å². The van der Waals surface area contributed by atoms with Crippen LogP contribution >= 0.6 is 0 Å².